The standard InChI is InChI=1S/C12H16FNO/c13-11-5-2-1-4-9(11)10(8-14)12-6-3-7-15-12/h1-2,4-5,10,12H,3,6-8,14H2. The van der Waals surface area contributed by atoms with Gasteiger partial charge >= 0.3 is 0 Å². The predicted molar refractivity (Wildman–Crippen MR) is 57.2 cm³/mol. The van der Waals surface area contributed by atoms with Crippen LogP contribution in [0.4, 0.5) is 4.39 Å². The average Bonchev–Trinajstić information content (AvgIpc) is 2.75. The van der Waals surface area contributed by atoms with Gasteiger partial charge in [0.05, 0.1) is 6.10 Å². The molecule has 1 aromatic carbocycles. The molecular formula is C12H16FNO. The minimum atomic E-state index is -0.177. The highest BCUT2D eigenvalue weighted by Crippen LogP contribution is 2.29. The van der Waals surface area contributed by atoms with Crippen LogP contribution >= 0.6 is 0 Å². The normalized spacial score (nSPS) is 22.9. The quantitative estimate of drug-likeness (QED) is 0.826. The minimum absolute atomic E-state index is 0.00583. The summed E-state index contributed by atoms with van der Waals surface area (Å²) < 4.78 is 19.1. The zero-order valence-electron chi connectivity index (χ0n) is 8.66. The first-order valence-corrected chi connectivity index (χ1v) is 5.39. The van der Waals surface area contributed by atoms with Gasteiger partial charge in [-0.25, -0.2) is 4.39 Å². The highest BCUT2D eigenvalue weighted by molar-refractivity contribution is 5.23. The van der Waals surface area contributed by atoms with Gasteiger partial charge in [-0.2, -0.15) is 0 Å². The van der Waals surface area contributed by atoms with E-state index < -0.39 is 0 Å². The lowest BCUT2D eigenvalue weighted by atomic mass is 9.91. The smallest absolute Gasteiger partial charge is 0.126 e. The maximum atomic E-state index is 13.6. The number of hydrogen-bond acceptors (Lipinski definition) is 2. The molecule has 2 atom stereocenters. The summed E-state index contributed by atoms with van der Waals surface area (Å²) in [7, 11) is 0. The van der Waals surface area contributed by atoms with Crippen LogP contribution in [0.25, 0.3) is 0 Å². The van der Waals surface area contributed by atoms with E-state index >= 15 is 0 Å². The third-order valence-electron chi connectivity index (χ3n) is 2.97. The minimum Gasteiger partial charge on any atom is -0.378 e. The molecule has 0 bridgehead atoms. The summed E-state index contributed by atoms with van der Waals surface area (Å²) >= 11 is 0. The molecule has 2 N–H and O–H groups in total. The van der Waals surface area contributed by atoms with E-state index in [1.54, 1.807) is 12.1 Å². The Morgan fingerprint density at radius 3 is 2.87 bits per heavy atom. The highest BCUT2D eigenvalue weighted by atomic mass is 19.1. The lowest BCUT2D eigenvalue weighted by molar-refractivity contribution is 0.0895. The molecule has 15 heavy (non-hydrogen) atoms. The molecule has 0 saturated carbocycles. The maximum Gasteiger partial charge on any atom is 0.126 e. The van der Waals surface area contributed by atoms with Crippen molar-refractivity contribution < 1.29 is 9.13 Å². The highest BCUT2D eigenvalue weighted by Gasteiger charge is 2.27. The van der Waals surface area contributed by atoms with Crippen LogP contribution in [0, 0.1) is 5.82 Å². The predicted octanol–water partition coefficient (Wildman–Crippen LogP) is 2.05. The number of ether oxygens (including phenoxy) is 1. The number of rotatable bonds is 3. The van der Waals surface area contributed by atoms with Crippen molar-refractivity contribution in [3.8, 4) is 0 Å². The fraction of sp³-hybridized carbons (Fsp3) is 0.500. The molecule has 1 aliphatic rings. The van der Waals surface area contributed by atoms with Crippen molar-refractivity contribution in [2.24, 2.45) is 5.73 Å². The van der Waals surface area contributed by atoms with Crippen LogP contribution < -0.4 is 5.73 Å². The SMILES string of the molecule is NCC(c1ccccc1F)C1CCCO1. The van der Waals surface area contributed by atoms with Crippen LogP contribution in [0.2, 0.25) is 0 Å². The lowest BCUT2D eigenvalue weighted by Crippen LogP contribution is -2.26. The van der Waals surface area contributed by atoms with Crippen molar-refractivity contribution in [1.82, 2.24) is 0 Å². The van der Waals surface area contributed by atoms with Gasteiger partial charge in [0, 0.05) is 19.1 Å². The summed E-state index contributed by atoms with van der Waals surface area (Å²) in [5.41, 5.74) is 6.39. The first-order chi connectivity index (χ1) is 7.33. The second kappa shape index (κ2) is 4.73. The van der Waals surface area contributed by atoms with Crippen LogP contribution in [0.1, 0.15) is 24.3 Å². The largest absolute Gasteiger partial charge is 0.378 e. The molecule has 0 spiro atoms. The second-order valence-electron chi connectivity index (χ2n) is 3.92. The summed E-state index contributed by atoms with van der Waals surface area (Å²) in [6.07, 6.45) is 2.12. The molecule has 1 aliphatic heterocycles. The fourth-order valence-electron chi connectivity index (χ4n) is 2.17. The van der Waals surface area contributed by atoms with Crippen LogP contribution in [0.15, 0.2) is 24.3 Å². The van der Waals surface area contributed by atoms with Crippen molar-refractivity contribution >= 4 is 0 Å². The number of halogens is 1. The molecule has 82 valence electrons. The van der Waals surface area contributed by atoms with Crippen LogP contribution in [0.5, 0.6) is 0 Å². The van der Waals surface area contributed by atoms with Crippen LogP contribution in [-0.2, 0) is 4.74 Å². The summed E-state index contributed by atoms with van der Waals surface area (Å²) in [6, 6.07) is 6.82. The molecule has 1 fully saturated rings. The van der Waals surface area contributed by atoms with Crippen LogP contribution in [-0.4, -0.2) is 19.3 Å². The van der Waals surface area contributed by atoms with Gasteiger partial charge in [0.1, 0.15) is 5.82 Å². The Labute approximate surface area is 89.2 Å². The van der Waals surface area contributed by atoms with Gasteiger partial charge in [-0.15, -0.1) is 0 Å². The van der Waals surface area contributed by atoms with Gasteiger partial charge in [-0.3, -0.25) is 0 Å². The molecule has 0 aromatic heterocycles. The van der Waals surface area contributed by atoms with E-state index in [-0.39, 0.29) is 17.8 Å². The van der Waals surface area contributed by atoms with E-state index in [1.165, 1.54) is 6.07 Å². The molecule has 1 aromatic rings. The van der Waals surface area contributed by atoms with Crippen molar-refractivity contribution in [3.05, 3.63) is 35.6 Å². The molecule has 2 unspecified atom stereocenters. The van der Waals surface area contributed by atoms with Gasteiger partial charge in [0.25, 0.3) is 0 Å². The number of benzene rings is 1. The molecule has 1 heterocycles. The van der Waals surface area contributed by atoms with E-state index in [0.29, 0.717) is 12.1 Å². The number of nitrogens with two attached hydrogens (primary N) is 1. The van der Waals surface area contributed by atoms with Crippen molar-refractivity contribution in [3.63, 3.8) is 0 Å². The first kappa shape index (κ1) is 10.6. The molecule has 2 rings (SSSR count). The molecule has 0 radical (unpaired) electrons. The van der Waals surface area contributed by atoms with E-state index in [9.17, 15) is 4.39 Å². The Balaban J connectivity index is 2.22. The van der Waals surface area contributed by atoms with Gasteiger partial charge < -0.3 is 10.5 Å². The molecular weight excluding hydrogens is 193 g/mol. The fourth-order valence-corrected chi connectivity index (χ4v) is 2.17. The van der Waals surface area contributed by atoms with E-state index in [1.807, 2.05) is 6.07 Å². The zero-order chi connectivity index (χ0) is 10.7. The summed E-state index contributed by atoms with van der Waals surface area (Å²) in [6.45, 7) is 1.21. The van der Waals surface area contributed by atoms with E-state index in [0.717, 1.165) is 19.4 Å². The van der Waals surface area contributed by atoms with Crippen LogP contribution in [0.3, 0.4) is 0 Å². The Morgan fingerprint density at radius 1 is 1.47 bits per heavy atom. The van der Waals surface area contributed by atoms with E-state index in [4.69, 9.17) is 10.5 Å². The zero-order valence-corrected chi connectivity index (χ0v) is 8.66. The summed E-state index contributed by atoms with van der Waals surface area (Å²) in [5, 5.41) is 0. The van der Waals surface area contributed by atoms with Crippen molar-refractivity contribution in [2.45, 2.75) is 24.9 Å². The van der Waals surface area contributed by atoms with E-state index in [2.05, 4.69) is 0 Å². The Kier molecular flexibility index (Phi) is 3.34. The third-order valence-corrected chi connectivity index (χ3v) is 2.97. The molecule has 0 amide bonds. The van der Waals surface area contributed by atoms with Gasteiger partial charge in [0.2, 0.25) is 0 Å². The molecule has 3 heteroatoms. The first-order valence-electron chi connectivity index (χ1n) is 5.39. The van der Waals surface area contributed by atoms with Gasteiger partial charge in [-0.05, 0) is 24.5 Å². The lowest BCUT2D eigenvalue weighted by Gasteiger charge is -2.22. The number of hydrogen-bond donors (Lipinski definition) is 1. The summed E-state index contributed by atoms with van der Waals surface area (Å²) in [5.74, 6) is -0.183. The second-order valence-corrected chi connectivity index (χ2v) is 3.92. The Hall–Kier alpha value is -0.930. The van der Waals surface area contributed by atoms with Crippen molar-refractivity contribution in [2.75, 3.05) is 13.2 Å². The summed E-state index contributed by atoms with van der Waals surface area (Å²) in [4.78, 5) is 0. The van der Waals surface area contributed by atoms with Crippen molar-refractivity contribution in [1.29, 1.82) is 0 Å². The topological polar surface area (TPSA) is 35.2 Å². The molecule has 0 aliphatic carbocycles. The van der Waals surface area contributed by atoms with Gasteiger partial charge in [-0.1, -0.05) is 18.2 Å². The molecule has 2 nitrogen and oxygen atoms in total. The van der Waals surface area contributed by atoms with Gasteiger partial charge in [0.15, 0.2) is 0 Å². The monoisotopic (exact) mass is 209 g/mol. The maximum absolute atomic E-state index is 13.6. The molecule has 1 saturated heterocycles. The Morgan fingerprint density at radius 2 is 2.27 bits per heavy atom. The third kappa shape index (κ3) is 2.19. The Bertz CT molecular complexity index is 323. The average molecular weight is 209 g/mol.